The van der Waals surface area contributed by atoms with Crippen molar-refractivity contribution >= 4 is 29.0 Å². The predicted molar refractivity (Wildman–Crippen MR) is 121 cm³/mol. The Bertz CT molecular complexity index is 1190. The van der Waals surface area contributed by atoms with Crippen LogP contribution in [0.25, 0.3) is 0 Å². The summed E-state index contributed by atoms with van der Waals surface area (Å²) in [6.45, 7) is 0.221. The van der Waals surface area contributed by atoms with Gasteiger partial charge in [0.1, 0.15) is 11.5 Å². The monoisotopic (exact) mass is 451 g/mol. The molecule has 3 aromatic carbocycles. The van der Waals surface area contributed by atoms with Gasteiger partial charge >= 0.3 is 0 Å². The van der Waals surface area contributed by atoms with E-state index in [1.807, 2.05) is 6.07 Å². The number of carbonyl (C=O) groups excluding carboxylic acids is 2. The van der Waals surface area contributed by atoms with Gasteiger partial charge in [0.15, 0.2) is 11.4 Å². The van der Waals surface area contributed by atoms with E-state index in [-0.39, 0.29) is 12.1 Å². The third kappa shape index (κ3) is 3.83. The van der Waals surface area contributed by atoms with Crippen LogP contribution in [0.4, 0.5) is 5.69 Å². The standard InChI is InChI=1S/C25H22ClNO5/c1-31-18-10-11-19(23(13-18)32-2)22(28)14-25(30)20-8-3-4-9-21(20)27(24(25)29)15-16-6-5-7-17(26)12-16/h3-13,30H,14-15H2,1-2H3. The van der Waals surface area contributed by atoms with Crippen LogP contribution >= 0.6 is 11.6 Å². The van der Waals surface area contributed by atoms with E-state index in [0.717, 1.165) is 5.56 Å². The Morgan fingerprint density at radius 2 is 1.81 bits per heavy atom. The van der Waals surface area contributed by atoms with Gasteiger partial charge in [-0.2, -0.15) is 0 Å². The largest absolute Gasteiger partial charge is 0.497 e. The second kappa shape index (κ2) is 8.65. The van der Waals surface area contributed by atoms with Crippen LogP contribution in [-0.4, -0.2) is 31.0 Å². The molecule has 0 aliphatic carbocycles. The molecule has 3 aromatic rings. The fourth-order valence-electron chi connectivity index (χ4n) is 4.01. The maximum atomic E-state index is 13.4. The van der Waals surface area contributed by atoms with Crippen molar-refractivity contribution in [1.82, 2.24) is 0 Å². The first-order valence-electron chi connectivity index (χ1n) is 10.0. The molecule has 0 radical (unpaired) electrons. The molecule has 0 spiro atoms. The van der Waals surface area contributed by atoms with Crippen molar-refractivity contribution in [2.45, 2.75) is 18.6 Å². The minimum atomic E-state index is -1.99. The number of amides is 1. The molecule has 0 fully saturated rings. The van der Waals surface area contributed by atoms with Gasteiger partial charge in [-0.15, -0.1) is 0 Å². The van der Waals surface area contributed by atoms with E-state index < -0.39 is 23.7 Å². The Morgan fingerprint density at radius 3 is 2.53 bits per heavy atom. The molecule has 4 rings (SSSR count). The number of Topliss-reactive ketones (excluding diaryl/α,β-unsaturated/α-hetero) is 1. The summed E-state index contributed by atoms with van der Waals surface area (Å²) in [5.41, 5.74) is 0.0488. The van der Waals surface area contributed by atoms with Crippen LogP contribution < -0.4 is 14.4 Å². The molecular formula is C25H22ClNO5. The lowest BCUT2D eigenvalue weighted by Crippen LogP contribution is -2.41. The highest BCUT2D eigenvalue weighted by molar-refractivity contribution is 6.30. The van der Waals surface area contributed by atoms with Gasteiger partial charge in [-0.25, -0.2) is 0 Å². The van der Waals surface area contributed by atoms with Crippen LogP contribution in [0, 0.1) is 0 Å². The minimum Gasteiger partial charge on any atom is -0.497 e. The zero-order valence-corrected chi connectivity index (χ0v) is 18.4. The van der Waals surface area contributed by atoms with Crippen LogP contribution in [-0.2, 0) is 16.9 Å². The number of anilines is 1. The number of ketones is 1. The fourth-order valence-corrected chi connectivity index (χ4v) is 4.22. The van der Waals surface area contributed by atoms with Crippen LogP contribution in [0.2, 0.25) is 5.02 Å². The maximum absolute atomic E-state index is 13.4. The predicted octanol–water partition coefficient (Wildman–Crippen LogP) is 4.36. The van der Waals surface area contributed by atoms with Gasteiger partial charge < -0.3 is 19.5 Å². The molecule has 1 aliphatic rings. The van der Waals surface area contributed by atoms with Gasteiger partial charge in [0.25, 0.3) is 5.91 Å². The van der Waals surface area contributed by atoms with Crippen LogP contribution in [0.15, 0.2) is 66.7 Å². The molecule has 164 valence electrons. The Morgan fingerprint density at radius 1 is 1.03 bits per heavy atom. The quantitative estimate of drug-likeness (QED) is 0.540. The number of fused-ring (bicyclic) bond motifs is 1. The normalized spacial score (nSPS) is 17.2. The molecule has 32 heavy (non-hydrogen) atoms. The highest BCUT2D eigenvalue weighted by Crippen LogP contribution is 2.44. The number of hydrogen-bond acceptors (Lipinski definition) is 5. The highest BCUT2D eigenvalue weighted by atomic mass is 35.5. The summed E-state index contributed by atoms with van der Waals surface area (Å²) in [5.74, 6) is -0.126. The first-order chi connectivity index (χ1) is 15.4. The zero-order valence-electron chi connectivity index (χ0n) is 17.7. The van der Waals surface area contributed by atoms with Crippen molar-refractivity contribution in [1.29, 1.82) is 0 Å². The molecule has 1 N–H and O–H groups in total. The zero-order chi connectivity index (χ0) is 22.9. The van der Waals surface area contributed by atoms with Gasteiger partial charge in [0.05, 0.1) is 38.4 Å². The number of para-hydroxylation sites is 1. The molecule has 0 bridgehead atoms. The molecule has 0 saturated heterocycles. The lowest BCUT2D eigenvalue weighted by atomic mass is 9.88. The van der Waals surface area contributed by atoms with E-state index in [2.05, 4.69) is 0 Å². The molecule has 7 heteroatoms. The van der Waals surface area contributed by atoms with Gasteiger partial charge in [0, 0.05) is 16.7 Å². The first-order valence-corrected chi connectivity index (χ1v) is 10.4. The molecule has 0 saturated carbocycles. The third-order valence-electron chi connectivity index (χ3n) is 5.59. The van der Waals surface area contributed by atoms with Crippen molar-refractivity contribution in [3.63, 3.8) is 0 Å². The molecule has 1 amide bonds. The number of carbonyl (C=O) groups is 2. The summed E-state index contributed by atoms with van der Waals surface area (Å²) in [4.78, 5) is 28.1. The number of hydrogen-bond donors (Lipinski definition) is 1. The van der Waals surface area contributed by atoms with E-state index >= 15 is 0 Å². The minimum absolute atomic E-state index is 0.221. The average Bonchev–Trinajstić information content (AvgIpc) is 3.00. The van der Waals surface area contributed by atoms with E-state index in [9.17, 15) is 14.7 Å². The summed E-state index contributed by atoms with van der Waals surface area (Å²) in [7, 11) is 2.96. The first kappa shape index (κ1) is 21.9. The summed E-state index contributed by atoms with van der Waals surface area (Å²) in [6, 6.07) is 18.9. The number of aliphatic hydroxyl groups is 1. The summed E-state index contributed by atoms with van der Waals surface area (Å²) < 4.78 is 10.5. The Labute approximate surface area is 191 Å². The molecule has 6 nitrogen and oxygen atoms in total. The second-order valence-electron chi connectivity index (χ2n) is 7.56. The SMILES string of the molecule is COc1ccc(C(=O)CC2(O)C(=O)N(Cc3cccc(Cl)c3)c3ccccc32)c(OC)c1. The Kier molecular flexibility index (Phi) is 5.91. The maximum Gasteiger partial charge on any atom is 0.264 e. The van der Waals surface area contributed by atoms with Crippen molar-refractivity contribution in [3.8, 4) is 11.5 Å². The molecule has 1 atom stereocenters. The molecule has 1 aliphatic heterocycles. The number of benzene rings is 3. The average molecular weight is 452 g/mol. The summed E-state index contributed by atoms with van der Waals surface area (Å²) in [5, 5.41) is 12.1. The number of rotatable bonds is 7. The Hall–Kier alpha value is -3.35. The van der Waals surface area contributed by atoms with Crippen LogP contribution in [0.1, 0.15) is 27.9 Å². The van der Waals surface area contributed by atoms with E-state index in [0.29, 0.717) is 27.8 Å². The molecular weight excluding hydrogens is 430 g/mol. The summed E-state index contributed by atoms with van der Waals surface area (Å²) >= 11 is 6.09. The molecule has 0 aromatic heterocycles. The van der Waals surface area contributed by atoms with E-state index in [1.165, 1.54) is 19.1 Å². The summed E-state index contributed by atoms with van der Waals surface area (Å²) in [6.07, 6.45) is -0.419. The van der Waals surface area contributed by atoms with Crippen LogP contribution in [0.5, 0.6) is 11.5 Å². The molecule has 1 unspecified atom stereocenters. The third-order valence-corrected chi connectivity index (χ3v) is 5.83. The number of nitrogens with zero attached hydrogens (tertiary/aromatic N) is 1. The van der Waals surface area contributed by atoms with Crippen LogP contribution in [0.3, 0.4) is 0 Å². The van der Waals surface area contributed by atoms with Crippen molar-refractivity contribution < 1.29 is 24.2 Å². The number of ether oxygens (including phenoxy) is 2. The lowest BCUT2D eigenvalue weighted by Gasteiger charge is -2.23. The molecule has 1 heterocycles. The van der Waals surface area contributed by atoms with Gasteiger partial charge in [-0.3, -0.25) is 9.59 Å². The van der Waals surface area contributed by atoms with E-state index in [4.69, 9.17) is 21.1 Å². The Balaban J connectivity index is 1.68. The second-order valence-corrected chi connectivity index (χ2v) is 8.00. The van der Waals surface area contributed by atoms with Gasteiger partial charge in [-0.05, 0) is 35.9 Å². The number of methoxy groups -OCH3 is 2. The lowest BCUT2D eigenvalue weighted by molar-refractivity contribution is -0.136. The van der Waals surface area contributed by atoms with Crippen molar-refractivity contribution in [2.24, 2.45) is 0 Å². The smallest absolute Gasteiger partial charge is 0.264 e. The fraction of sp³-hybridized carbons (Fsp3) is 0.200. The number of halogens is 1. The topological polar surface area (TPSA) is 76.1 Å². The van der Waals surface area contributed by atoms with Gasteiger partial charge in [-0.1, -0.05) is 41.9 Å². The van der Waals surface area contributed by atoms with E-state index in [1.54, 1.807) is 60.7 Å². The van der Waals surface area contributed by atoms with Crippen molar-refractivity contribution in [2.75, 3.05) is 19.1 Å². The van der Waals surface area contributed by atoms with Gasteiger partial charge in [0.2, 0.25) is 0 Å². The van der Waals surface area contributed by atoms with Crippen molar-refractivity contribution in [3.05, 3.63) is 88.4 Å². The highest BCUT2D eigenvalue weighted by Gasteiger charge is 2.51.